The van der Waals surface area contributed by atoms with Crippen molar-refractivity contribution < 1.29 is 18.7 Å². The summed E-state index contributed by atoms with van der Waals surface area (Å²) >= 11 is 1.57. The smallest absolute Gasteiger partial charge is 0.231 e. The Hall–Kier alpha value is -3.19. The predicted octanol–water partition coefficient (Wildman–Crippen LogP) is 4.55. The number of nitrogens with one attached hydrogen (secondary N) is 1. The zero-order chi connectivity index (χ0) is 21.1. The third kappa shape index (κ3) is 4.21. The molecule has 7 heteroatoms. The fourth-order valence-electron chi connectivity index (χ4n) is 3.72. The van der Waals surface area contributed by atoms with Crippen LogP contribution in [0, 0.1) is 5.82 Å². The number of halogens is 1. The average molecular weight is 424 g/mol. The molecule has 1 aromatic heterocycles. The van der Waals surface area contributed by atoms with Crippen LogP contribution < -0.4 is 10.1 Å². The van der Waals surface area contributed by atoms with Gasteiger partial charge in [-0.1, -0.05) is 30.3 Å². The summed E-state index contributed by atoms with van der Waals surface area (Å²) in [5.41, 5.74) is 1.87. The highest BCUT2D eigenvalue weighted by molar-refractivity contribution is 7.09. The highest BCUT2D eigenvalue weighted by Crippen LogP contribution is 2.35. The molecule has 1 aliphatic rings. The van der Waals surface area contributed by atoms with Crippen molar-refractivity contribution in [2.45, 2.75) is 25.4 Å². The highest BCUT2D eigenvalue weighted by atomic mass is 32.1. The number of carbonyl (C=O) groups excluding carboxylic acids is 2. The number of para-hydroxylation sites is 1. The van der Waals surface area contributed by atoms with Gasteiger partial charge in [-0.3, -0.25) is 9.59 Å². The van der Waals surface area contributed by atoms with E-state index in [0.29, 0.717) is 30.1 Å². The number of hydrogen-bond donors (Lipinski definition) is 1. The highest BCUT2D eigenvalue weighted by Gasteiger charge is 2.34. The molecule has 3 aromatic rings. The first-order valence-electron chi connectivity index (χ1n) is 9.57. The van der Waals surface area contributed by atoms with E-state index in [-0.39, 0.29) is 18.2 Å². The summed E-state index contributed by atoms with van der Waals surface area (Å²) < 4.78 is 19.1. The standard InChI is InChI=1S/C23H21FN2O3S/c1-29-21-7-3-2-5-15(21)13-26(14-17-6-4-10-30-17)23(28)19-12-22(27)25-20-11-16(24)8-9-18(19)20/h2-11,19H,12-14H2,1H3,(H,25,27). The molecule has 5 nitrogen and oxygen atoms in total. The van der Waals surface area contributed by atoms with E-state index in [0.717, 1.165) is 10.4 Å². The SMILES string of the molecule is COc1ccccc1CN(Cc1cccs1)C(=O)C1CC(=O)Nc2cc(F)ccc21. The van der Waals surface area contributed by atoms with Gasteiger partial charge in [-0.15, -0.1) is 11.3 Å². The largest absolute Gasteiger partial charge is 0.496 e. The molecule has 2 aromatic carbocycles. The Labute approximate surface area is 178 Å². The molecule has 2 amide bonds. The zero-order valence-corrected chi connectivity index (χ0v) is 17.2. The van der Waals surface area contributed by atoms with Gasteiger partial charge in [0.1, 0.15) is 11.6 Å². The normalized spacial score (nSPS) is 15.3. The first-order valence-corrected chi connectivity index (χ1v) is 10.5. The average Bonchev–Trinajstić information content (AvgIpc) is 3.25. The Morgan fingerprint density at radius 3 is 2.80 bits per heavy atom. The molecule has 4 rings (SSSR count). The maximum absolute atomic E-state index is 13.7. The van der Waals surface area contributed by atoms with Gasteiger partial charge in [-0.05, 0) is 35.2 Å². The van der Waals surface area contributed by atoms with Gasteiger partial charge in [0.2, 0.25) is 11.8 Å². The van der Waals surface area contributed by atoms with Crippen molar-refractivity contribution in [2.24, 2.45) is 0 Å². The van der Waals surface area contributed by atoms with E-state index in [1.807, 2.05) is 41.8 Å². The van der Waals surface area contributed by atoms with Gasteiger partial charge in [-0.2, -0.15) is 0 Å². The molecule has 1 N–H and O–H groups in total. The first kappa shape index (κ1) is 20.1. The second kappa shape index (κ2) is 8.67. The molecule has 0 saturated heterocycles. The van der Waals surface area contributed by atoms with Crippen molar-refractivity contribution in [3.63, 3.8) is 0 Å². The summed E-state index contributed by atoms with van der Waals surface area (Å²) in [6.07, 6.45) is 0.0321. The molecule has 0 saturated carbocycles. The second-order valence-corrected chi connectivity index (χ2v) is 8.15. The van der Waals surface area contributed by atoms with Crippen LogP contribution in [0.1, 0.15) is 28.3 Å². The number of rotatable bonds is 6. The van der Waals surface area contributed by atoms with Crippen LogP contribution in [-0.2, 0) is 22.7 Å². The van der Waals surface area contributed by atoms with Crippen molar-refractivity contribution in [1.82, 2.24) is 4.90 Å². The Morgan fingerprint density at radius 2 is 2.03 bits per heavy atom. The predicted molar refractivity (Wildman–Crippen MR) is 114 cm³/mol. The Morgan fingerprint density at radius 1 is 1.20 bits per heavy atom. The van der Waals surface area contributed by atoms with E-state index in [2.05, 4.69) is 5.32 Å². The molecule has 0 aliphatic carbocycles. The fourth-order valence-corrected chi connectivity index (χ4v) is 4.44. The number of fused-ring (bicyclic) bond motifs is 1. The lowest BCUT2D eigenvalue weighted by atomic mass is 9.89. The number of ether oxygens (including phenoxy) is 1. The van der Waals surface area contributed by atoms with Crippen molar-refractivity contribution >= 4 is 28.8 Å². The zero-order valence-electron chi connectivity index (χ0n) is 16.4. The molecule has 0 spiro atoms. The summed E-state index contributed by atoms with van der Waals surface area (Å²) in [7, 11) is 1.60. The molecule has 30 heavy (non-hydrogen) atoms. The van der Waals surface area contributed by atoms with Crippen molar-refractivity contribution in [3.8, 4) is 5.75 Å². The van der Waals surface area contributed by atoms with Gasteiger partial charge in [0.15, 0.2) is 0 Å². The summed E-state index contributed by atoms with van der Waals surface area (Å²) in [5, 5.41) is 4.64. The van der Waals surface area contributed by atoms with Gasteiger partial charge in [0.05, 0.1) is 19.6 Å². The molecule has 2 heterocycles. The van der Waals surface area contributed by atoms with Crippen molar-refractivity contribution in [3.05, 3.63) is 81.8 Å². The maximum Gasteiger partial charge on any atom is 0.231 e. The number of anilines is 1. The summed E-state index contributed by atoms with van der Waals surface area (Å²) in [5.74, 6) is -0.877. The Kier molecular flexibility index (Phi) is 5.81. The van der Waals surface area contributed by atoms with Gasteiger partial charge in [0.25, 0.3) is 0 Å². The van der Waals surface area contributed by atoms with Crippen LogP contribution in [0.3, 0.4) is 0 Å². The van der Waals surface area contributed by atoms with Gasteiger partial charge < -0.3 is 15.0 Å². The monoisotopic (exact) mass is 424 g/mol. The molecule has 0 fully saturated rings. The first-order chi connectivity index (χ1) is 14.5. The lowest BCUT2D eigenvalue weighted by Gasteiger charge is -2.31. The second-order valence-electron chi connectivity index (χ2n) is 7.12. The third-order valence-corrected chi connectivity index (χ3v) is 6.01. The van der Waals surface area contributed by atoms with E-state index in [1.54, 1.807) is 29.4 Å². The van der Waals surface area contributed by atoms with Crippen LogP contribution in [0.5, 0.6) is 5.75 Å². The number of amides is 2. The van der Waals surface area contributed by atoms with Gasteiger partial charge in [-0.25, -0.2) is 4.39 Å². The van der Waals surface area contributed by atoms with Crippen molar-refractivity contribution in [1.29, 1.82) is 0 Å². The minimum absolute atomic E-state index is 0.0321. The maximum atomic E-state index is 13.7. The van der Waals surface area contributed by atoms with E-state index < -0.39 is 11.7 Å². The number of benzene rings is 2. The lowest BCUT2D eigenvalue weighted by Crippen LogP contribution is -2.38. The molecule has 1 aliphatic heterocycles. The van der Waals surface area contributed by atoms with Gasteiger partial charge in [0, 0.05) is 29.1 Å². The topological polar surface area (TPSA) is 58.6 Å². The summed E-state index contributed by atoms with van der Waals surface area (Å²) in [4.78, 5) is 28.6. The quantitative estimate of drug-likeness (QED) is 0.632. The summed E-state index contributed by atoms with van der Waals surface area (Å²) in [6.45, 7) is 0.762. The van der Waals surface area contributed by atoms with Crippen LogP contribution >= 0.6 is 11.3 Å². The molecule has 0 radical (unpaired) electrons. The lowest BCUT2D eigenvalue weighted by molar-refractivity contribution is -0.136. The van der Waals surface area contributed by atoms with E-state index >= 15 is 0 Å². The van der Waals surface area contributed by atoms with Crippen LogP contribution in [0.15, 0.2) is 60.0 Å². The minimum Gasteiger partial charge on any atom is -0.496 e. The van der Waals surface area contributed by atoms with Crippen LogP contribution in [0.4, 0.5) is 10.1 Å². The molecular weight excluding hydrogens is 403 g/mol. The van der Waals surface area contributed by atoms with Gasteiger partial charge >= 0.3 is 0 Å². The summed E-state index contributed by atoms with van der Waals surface area (Å²) in [6, 6.07) is 15.6. The number of thiophene rings is 1. The van der Waals surface area contributed by atoms with Crippen LogP contribution in [0.25, 0.3) is 0 Å². The number of methoxy groups -OCH3 is 1. The fraction of sp³-hybridized carbons (Fsp3) is 0.217. The van der Waals surface area contributed by atoms with E-state index in [4.69, 9.17) is 4.74 Å². The molecule has 0 bridgehead atoms. The molecule has 154 valence electrons. The minimum atomic E-state index is -0.663. The van der Waals surface area contributed by atoms with E-state index in [9.17, 15) is 14.0 Å². The van der Waals surface area contributed by atoms with Crippen LogP contribution in [-0.4, -0.2) is 23.8 Å². The molecule has 1 atom stereocenters. The van der Waals surface area contributed by atoms with Crippen molar-refractivity contribution in [2.75, 3.05) is 12.4 Å². The molecular formula is C23H21FN2O3S. The molecule has 1 unspecified atom stereocenters. The number of hydrogen-bond acceptors (Lipinski definition) is 4. The Balaban J connectivity index is 1.68. The van der Waals surface area contributed by atoms with E-state index in [1.165, 1.54) is 12.1 Å². The Bertz CT molecular complexity index is 1070. The van der Waals surface area contributed by atoms with Crippen LogP contribution in [0.2, 0.25) is 0 Å². The third-order valence-electron chi connectivity index (χ3n) is 5.14. The number of nitrogens with zero attached hydrogens (tertiary/aromatic N) is 1. The number of carbonyl (C=O) groups is 2.